The molecule has 0 saturated carbocycles. The predicted octanol–water partition coefficient (Wildman–Crippen LogP) is 1.65. The van der Waals surface area contributed by atoms with Crippen LogP contribution >= 0.6 is 0 Å². The quantitative estimate of drug-likeness (QED) is 0.306. The lowest BCUT2D eigenvalue weighted by Gasteiger charge is -2.39. The zero-order valence-electron chi connectivity index (χ0n) is 19.3. The Labute approximate surface area is 178 Å². The molecule has 0 radical (unpaired) electrons. The molecule has 2 aliphatic heterocycles. The van der Waals surface area contributed by atoms with Gasteiger partial charge in [-0.25, -0.2) is 0 Å². The molecule has 2 saturated heterocycles. The second kappa shape index (κ2) is 14.2. The molecule has 0 aromatic heterocycles. The molecule has 0 spiro atoms. The third-order valence-electron chi connectivity index (χ3n) is 6.01. The van der Waals surface area contributed by atoms with Gasteiger partial charge in [-0.2, -0.15) is 0 Å². The van der Waals surface area contributed by atoms with Gasteiger partial charge in [-0.3, -0.25) is 9.89 Å². The van der Waals surface area contributed by atoms with Crippen LogP contribution in [0.15, 0.2) is 4.99 Å². The summed E-state index contributed by atoms with van der Waals surface area (Å²) in [6, 6.07) is 0.502. The van der Waals surface area contributed by atoms with Crippen LogP contribution in [0.25, 0.3) is 0 Å². The number of guanidine groups is 1. The monoisotopic (exact) mass is 411 g/mol. The van der Waals surface area contributed by atoms with Gasteiger partial charge in [0.2, 0.25) is 0 Å². The van der Waals surface area contributed by atoms with Crippen molar-refractivity contribution in [2.45, 2.75) is 46.1 Å². The van der Waals surface area contributed by atoms with E-state index in [4.69, 9.17) is 14.5 Å². The summed E-state index contributed by atoms with van der Waals surface area (Å²) < 4.78 is 11.3. The summed E-state index contributed by atoms with van der Waals surface area (Å²) in [4.78, 5) is 9.93. The Morgan fingerprint density at radius 3 is 2.52 bits per heavy atom. The summed E-state index contributed by atoms with van der Waals surface area (Å²) in [5, 5.41) is 6.86. The molecule has 0 amide bonds. The van der Waals surface area contributed by atoms with E-state index < -0.39 is 0 Å². The normalized spacial score (nSPS) is 21.5. The molecular formula is C22H45N5O2. The Balaban J connectivity index is 1.68. The first-order chi connectivity index (χ1) is 14.1. The largest absolute Gasteiger partial charge is 0.381 e. The van der Waals surface area contributed by atoms with Crippen LogP contribution in [0.1, 0.15) is 40.0 Å². The summed E-state index contributed by atoms with van der Waals surface area (Å²) in [6.07, 6.45) is 3.28. The molecule has 1 atom stereocenters. The number of piperazine rings is 1. The number of hydrogen-bond acceptors (Lipinski definition) is 5. The Morgan fingerprint density at radius 2 is 1.86 bits per heavy atom. The fourth-order valence-electron chi connectivity index (χ4n) is 3.97. The molecule has 7 nitrogen and oxygen atoms in total. The number of aliphatic imine (C=N–C) groups is 1. The number of nitrogens with zero attached hydrogens (tertiary/aromatic N) is 3. The smallest absolute Gasteiger partial charge is 0.191 e. The minimum absolute atomic E-state index is 0.502. The van der Waals surface area contributed by atoms with Crippen LogP contribution in [0.4, 0.5) is 0 Å². The average Bonchev–Trinajstić information content (AvgIpc) is 2.72. The zero-order valence-corrected chi connectivity index (χ0v) is 19.3. The third kappa shape index (κ3) is 9.64. The SMILES string of the molecule is CCNC(=NCC(C(C)C)N1CCN(C)CC1)NCCCOCC1CCOCC1. The Morgan fingerprint density at radius 1 is 1.14 bits per heavy atom. The molecule has 0 aliphatic carbocycles. The molecule has 1 unspecified atom stereocenters. The Hall–Kier alpha value is -0.890. The summed E-state index contributed by atoms with van der Waals surface area (Å²) in [7, 11) is 2.21. The topological polar surface area (TPSA) is 61.4 Å². The highest BCUT2D eigenvalue weighted by Gasteiger charge is 2.24. The van der Waals surface area contributed by atoms with Gasteiger partial charge < -0.3 is 25.0 Å². The van der Waals surface area contributed by atoms with E-state index in [9.17, 15) is 0 Å². The van der Waals surface area contributed by atoms with Crippen molar-refractivity contribution in [3.63, 3.8) is 0 Å². The number of rotatable bonds is 11. The summed E-state index contributed by atoms with van der Waals surface area (Å²) in [6.45, 7) is 17.4. The van der Waals surface area contributed by atoms with Gasteiger partial charge in [-0.05, 0) is 45.1 Å². The van der Waals surface area contributed by atoms with E-state index in [2.05, 4.69) is 48.3 Å². The third-order valence-corrected chi connectivity index (χ3v) is 6.01. The lowest BCUT2D eigenvalue weighted by molar-refractivity contribution is 0.0203. The minimum Gasteiger partial charge on any atom is -0.381 e. The van der Waals surface area contributed by atoms with Gasteiger partial charge in [0.05, 0.1) is 6.54 Å². The van der Waals surface area contributed by atoms with E-state index in [1.807, 2.05) is 0 Å². The van der Waals surface area contributed by atoms with E-state index in [0.29, 0.717) is 17.9 Å². The van der Waals surface area contributed by atoms with Gasteiger partial charge in [0.25, 0.3) is 0 Å². The minimum atomic E-state index is 0.502. The maximum Gasteiger partial charge on any atom is 0.191 e. The molecule has 2 aliphatic rings. The lowest BCUT2D eigenvalue weighted by Crippen LogP contribution is -2.52. The van der Waals surface area contributed by atoms with E-state index >= 15 is 0 Å². The molecule has 7 heteroatoms. The van der Waals surface area contributed by atoms with E-state index in [1.165, 1.54) is 0 Å². The van der Waals surface area contributed by atoms with Gasteiger partial charge in [0.1, 0.15) is 0 Å². The van der Waals surface area contributed by atoms with Crippen LogP contribution in [0, 0.1) is 11.8 Å². The number of likely N-dealkylation sites (N-methyl/N-ethyl adjacent to an activating group) is 1. The lowest BCUT2D eigenvalue weighted by atomic mass is 10.0. The van der Waals surface area contributed by atoms with Gasteiger partial charge in [0.15, 0.2) is 5.96 Å². The van der Waals surface area contributed by atoms with E-state index in [-0.39, 0.29) is 0 Å². The molecule has 0 aromatic carbocycles. The molecule has 0 aromatic rings. The van der Waals surface area contributed by atoms with Crippen LogP contribution in [-0.2, 0) is 9.47 Å². The maximum absolute atomic E-state index is 5.87. The number of ether oxygens (including phenoxy) is 2. The molecular weight excluding hydrogens is 366 g/mol. The van der Waals surface area contributed by atoms with Crippen molar-refractivity contribution in [2.75, 3.05) is 79.3 Å². The number of nitrogens with one attached hydrogen (secondary N) is 2. The van der Waals surface area contributed by atoms with Crippen molar-refractivity contribution >= 4 is 5.96 Å². The highest BCUT2D eigenvalue weighted by atomic mass is 16.5. The fourth-order valence-corrected chi connectivity index (χ4v) is 3.97. The van der Waals surface area contributed by atoms with Crippen LogP contribution in [-0.4, -0.2) is 101 Å². The van der Waals surface area contributed by atoms with Crippen molar-refractivity contribution in [3.8, 4) is 0 Å². The van der Waals surface area contributed by atoms with Crippen molar-refractivity contribution in [3.05, 3.63) is 0 Å². The first-order valence-corrected chi connectivity index (χ1v) is 11.7. The fraction of sp³-hybridized carbons (Fsp3) is 0.955. The van der Waals surface area contributed by atoms with Crippen LogP contribution in [0.5, 0.6) is 0 Å². The van der Waals surface area contributed by atoms with Gasteiger partial charge in [0, 0.05) is 71.7 Å². The van der Waals surface area contributed by atoms with Crippen LogP contribution in [0.3, 0.4) is 0 Å². The van der Waals surface area contributed by atoms with Crippen LogP contribution in [0.2, 0.25) is 0 Å². The number of hydrogen-bond donors (Lipinski definition) is 2. The van der Waals surface area contributed by atoms with Crippen LogP contribution < -0.4 is 10.6 Å². The van der Waals surface area contributed by atoms with E-state index in [0.717, 1.165) is 97.5 Å². The second-order valence-corrected chi connectivity index (χ2v) is 8.78. The summed E-state index contributed by atoms with van der Waals surface area (Å²) >= 11 is 0. The molecule has 2 heterocycles. The molecule has 2 fully saturated rings. The maximum atomic E-state index is 5.87. The molecule has 170 valence electrons. The molecule has 2 rings (SSSR count). The predicted molar refractivity (Wildman–Crippen MR) is 121 cm³/mol. The van der Waals surface area contributed by atoms with Crippen molar-refractivity contribution in [2.24, 2.45) is 16.8 Å². The second-order valence-electron chi connectivity index (χ2n) is 8.78. The van der Waals surface area contributed by atoms with Crippen molar-refractivity contribution in [1.29, 1.82) is 0 Å². The molecule has 29 heavy (non-hydrogen) atoms. The molecule has 0 bridgehead atoms. The van der Waals surface area contributed by atoms with Crippen molar-refractivity contribution < 1.29 is 9.47 Å². The first-order valence-electron chi connectivity index (χ1n) is 11.7. The van der Waals surface area contributed by atoms with E-state index in [1.54, 1.807) is 0 Å². The molecule has 2 N–H and O–H groups in total. The Kier molecular flexibility index (Phi) is 11.9. The zero-order chi connectivity index (χ0) is 20.9. The van der Waals surface area contributed by atoms with Gasteiger partial charge in [-0.1, -0.05) is 13.8 Å². The summed E-state index contributed by atoms with van der Waals surface area (Å²) in [5.41, 5.74) is 0. The first kappa shape index (κ1) is 24.4. The van der Waals surface area contributed by atoms with Crippen molar-refractivity contribution in [1.82, 2.24) is 20.4 Å². The standard InChI is InChI=1S/C22H45N5O2/c1-5-23-22(24-9-6-14-29-18-20-7-15-28-16-8-20)25-17-21(19(2)3)27-12-10-26(4)11-13-27/h19-21H,5-18H2,1-4H3,(H2,23,24,25). The highest BCUT2D eigenvalue weighted by molar-refractivity contribution is 5.79. The van der Waals surface area contributed by atoms with Gasteiger partial charge >= 0.3 is 0 Å². The average molecular weight is 412 g/mol. The Bertz CT molecular complexity index is 446. The summed E-state index contributed by atoms with van der Waals surface area (Å²) in [5.74, 6) is 2.21. The highest BCUT2D eigenvalue weighted by Crippen LogP contribution is 2.15. The van der Waals surface area contributed by atoms with Gasteiger partial charge in [-0.15, -0.1) is 0 Å².